The summed E-state index contributed by atoms with van der Waals surface area (Å²) in [6, 6.07) is 13.5. The standard InChI is InChI=1S/C16H18N2O2S/c1-3-17-14-9-8-13(10-15(14)18(19)20)11-21-16-7-5-4-6-12(16)2/h4-10,17H,3,11H2,1-2H3. The third-order valence-corrected chi connectivity index (χ3v) is 4.36. The van der Waals surface area contributed by atoms with Gasteiger partial charge in [0.2, 0.25) is 0 Å². The molecule has 4 nitrogen and oxygen atoms in total. The quantitative estimate of drug-likeness (QED) is 0.480. The molecular formula is C16H18N2O2S. The fourth-order valence-electron chi connectivity index (χ4n) is 2.04. The number of nitro groups is 1. The summed E-state index contributed by atoms with van der Waals surface area (Å²) in [6.45, 7) is 4.66. The van der Waals surface area contributed by atoms with Crippen LogP contribution in [0.4, 0.5) is 11.4 Å². The molecule has 0 aromatic heterocycles. The molecule has 21 heavy (non-hydrogen) atoms. The van der Waals surface area contributed by atoms with E-state index in [-0.39, 0.29) is 10.6 Å². The first kappa shape index (κ1) is 15.4. The molecule has 5 heteroatoms. The van der Waals surface area contributed by atoms with Gasteiger partial charge in [0.05, 0.1) is 4.92 Å². The number of nitrogens with zero attached hydrogens (tertiary/aromatic N) is 1. The number of aryl methyl sites for hydroxylation is 1. The summed E-state index contributed by atoms with van der Waals surface area (Å²) < 4.78 is 0. The minimum Gasteiger partial charge on any atom is -0.380 e. The Kier molecular flexibility index (Phi) is 5.22. The maximum Gasteiger partial charge on any atom is 0.292 e. The summed E-state index contributed by atoms with van der Waals surface area (Å²) in [4.78, 5) is 12.0. The molecule has 0 radical (unpaired) electrons. The SMILES string of the molecule is CCNc1ccc(CSc2ccccc2C)cc1[N+](=O)[O-]. The largest absolute Gasteiger partial charge is 0.380 e. The minimum absolute atomic E-state index is 0.139. The molecule has 0 amide bonds. The highest BCUT2D eigenvalue weighted by Crippen LogP contribution is 2.30. The van der Waals surface area contributed by atoms with Crippen LogP contribution in [0.2, 0.25) is 0 Å². The molecule has 0 heterocycles. The van der Waals surface area contributed by atoms with E-state index in [1.54, 1.807) is 23.9 Å². The maximum atomic E-state index is 11.1. The number of benzene rings is 2. The number of nitro benzene ring substituents is 1. The minimum atomic E-state index is -0.333. The zero-order valence-electron chi connectivity index (χ0n) is 12.1. The molecule has 0 saturated heterocycles. The number of rotatable bonds is 6. The van der Waals surface area contributed by atoms with Crippen molar-refractivity contribution in [2.75, 3.05) is 11.9 Å². The predicted octanol–water partition coefficient (Wildman–Crippen LogP) is 4.63. The second-order valence-electron chi connectivity index (χ2n) is 4.69. The van der Waals surface area contributed by atoms with Gasteiger partial charge in [0.1, 0.15) is 5.69 Å². The average molecular weight is 302 g/mol. The first-order valence-corrected chi connectivity index (χ1v) is 7.80. The van der Waals surface area contributed by atoms with E-state index in [4.69, 9.17) is 0 Å². The summed E-state index contributed by atoms with van der Waals surface area (Å²) >= 11 is 1.70. The Labute approximate surface area is 128 Å². The Morgan fingerprint density at radius 2 is 2.00 bits per heavy atom. The molecule has 0 aliphatic carbocycles. The maximum absolute atomic E-state index is 11.1. The van der Waals surface area contributed by atoms with Gasteiger partial charge in [-0.15, -0.1) is 11.8 Å². The summed E-state index contributed by atoms with van der Waals surface area (Å²) in [5.74, 6) is 0.720. The molecule has 2 aromatic rings. The fraction of sp³-hybridized carbons (Fsp3) is 0.250. The third kappa shape index (κ3) is 3.98. The summed E-state index contributed by atoms with van der Waals surface area (Å²) in [5.41, 5.74) is 2.89. The number of hydrogen-bond acceptors (Lipinski definition) is 4. The Hall–Kier alpha value is -2.01. The first-order chi connectivity index (χ1) is 10.1. The van der Waals surface area contributed by atoms with E-state index in [0.29, 0.717) is 12.2 Å². The van der Waals surface area contributed by atoms with Gasteiger partial charge in [0.15, 0.2) is 0 Å². The second kappa shape index (κ2) is 7.13. The van der Waals surface area contributed by atoms with Gasteiger partial charge in [-0.05, 0) is 37.1 Å². The molecule has 2 aromatic carbocycles. The zero-order chi connectivity index (χ0) is 15.2. The van der Waals surface area contributed by atoms with Gasteiger partial charge in [-0.1, -0.05) is 24.3 Å². The van der Waals surface area contributed by atoms with Gasteiger partial charge in [-0.25, -0.2) is 0 Å². The lowest BCUT2D eigenvalue weighted by Crippen LogP contribution is -2.01. The summed E-state index contributed by atoms with van der Waals surface area (Å²) in [6.07, 6.45) is 0. The van der Waals surface area contributed by atoms with Gasteiger partial charge < -0.3 is 5.32 Å². The van der Waals surface area contributed by atoms with Crippen molar-refractivity contribution in [2.24, 2.45) is 0 Å². The molecule has 0 bridgehead atoms. The fourth-order valence-corrected chi connectivity index (χ4v) is 3.01. The van der Waals surface area contributed by atoms with Crippen molar-refractivity contribution in [3.8, 4) is 0 Å². The molecule has 0 aliphatic heterocycles. The van der Waals surface area contributed by atoms with Gasteiger partial charge in [-0.3, -0.25) is 10.1 Å². The molecular weight excluding hydrogens is 284 g/mol. The highest BCUT2D eigenvalue weighted by atomic mass is 32.2. The van der Waals surface area contributed by atoms with Crippen molar-refractivity contribution in [3.05, 3.63) is 63.7 Å². The van der Waals surface area contributed by atoms with Crippen LogP contribution in [0.25, 0.3) is 0 Å². The normalized spacial score (nSPS) is 10.4. The lowest BCUT2D eigenvalue weighted by atomic mass is 10.2. The number of nitrogens with one attached hydrogen (secondary N) is 1. The van der Waals surface area contributed by atoms with Crippen LogP contribution in [0.5, 0.6) is 0 Å². The molecule has 0 unspecified atom stereocenters. The summed E-state index contributed by atoms with van der Waals surface area (Å²) in [7, 11) is 0. The van der Waals surface area contributed by atoms with Crippen LogP contribution in [0, 0.1) is 17.0 Å². The van der Waals surface area contributed by atoms with Crippen LogP contribution >= 0.6 is 11.8 Å². The topological polar surface area (TPSA) is 55.2 Å². The van der Waals surface area contributed by atoms with E-state index >= 15 is 0 Å². The molecule has 0 spiro atoms. The van der Waals surface area contributed by atoms with E-state index in [2.05, 4.69) is 24.4 Å². The molecule has 1 N–H and O–H groups in total. The van der Waals surface area contributed by atoms with E-state index in [1.807, 2.05) is 25.1 Å². The van der Waals surface area contributed by atoms with E-state index in [9.17, 15) is 10.1 Å². The predicted molar refractivity (Wildman–Crippen MR) is 88.0 cm³/mol. The van der Waals surface area contributed by atoms with E-state index in [1.165, 1.54) is 10.5 Å². The van der Waals surface area contributed by atoms with E-state index in [0.717, 1.165) is 11.3 Å². The molecule has 0 fully saturated rings. The van der Waals surface area contributed by atoms with Crippen molar-refractivity contribution in [1.82, 2.24) is 0 Å². The van der Waals surface area contributed by atoms with Crippen LogP contribution in [-0.4, -0.2) is 11.5 Å². The molecule has 0 aliphatic rings. The Bertz CT molecular complexity index is 644. The number of thioether (sulfide) groups is 1. The zero-order valence-corrected chi connectivity index (χ0v) is 12.9. The average Bonchev–Trinajstić information content (AvgIpc) is 2.47. The van der Waals surface area contributed by atoms with Gasteiger partial charge >= 0.3 is 0 Å². The van der Waals surface area contributed by atoms with Gasteiger partial charge in [-0.2, -0.15) is 0 Å². The van der Waals surface area contributed by atoms with Gasteiger partial charge in [0.25, 0.3) is 5.69 Å². The first-order valence-electron chi connectivity index (χ1n) is 6.81. The van der Waals surface area contributed by atoms with Crippen LogP contribution < -0.4 is 5.32 Å². The molecule has 0 atom stereocenters. The number of anilines is 1. The van der Waals surface area contributed by atoms with Crippen LogP contribution in [0.3, 0.4) is 0 Å². The summed E-state index contributed by atoms with van der Waals surface area (Å²) in [5, 5.41) is 14.2. The Morgan fingerprint density at radius 1 is 1.24 bits per heavy atom. The van der Waals surface area contributed by atoms with Gasteiger partial charge in [0, 0.05) is 23.3 Å². The van der Waals surface area contributed by atoms with Crippen molar-refractivity contribution >= 4 is 23.1 Å². The molecule has 0 saturated carbocycles. The van der Waals surface area contributed by atoms with E-state index < -0.39 is 0 Å². The van der Waals surface area contributed by atoms with Crippen LogP contribution in [-0.2, 0) is 5.75 Å². The molecule has 110 valence electrons. The lowest BCUT2D eigenvalue weighted by Gasteiger charge is -2.08. The lowest BCUT2D eigenvalue weighted by molar-refractivity contribution is -0.384. The highest BCUT2D eigenvalue weighted by Gasteiger charge is 2.14. The second-order valence-corrected chi connectivity index (χ2v) is 5.71. The Morgan fingerprint density at radius 3 is 2.67 bits per heavy atom. The Balaban J connectivity index is 2.16. The monoisotopic (exact) mass is 302 g/mol. The van der Waals surface area contributed by atoms with Crippen molar-refractivity contribution < 1.29 is 4.92 Å². The molecule has 2 rings (SSSR count). The highest BCUT2D eigenvalue weighted by molar-refractivity contribution is 7.98. The third-order valence-electron chi connectivity index (χ3n) is 3.11. The van der Waals surface area contributed by atoms with Crippen LogP contribution in [0.1, 0.15) is 18.1 Å². The van der Waals surface area contributed by atoms with Crippen molar-refractivity contribution in [1.29, 1.82) is 0 Å². The van der Waals surface area contributed by atoms with Crippen LogP contribution in [0.15, 0.2) is 47.4 Å². The smallest absolute Gasteiger partial charge is 0.292 e. The number of hydrogen-bond donors (Lipinski definition) is 1. The van der Waals surface area contributed by atoms with Crippen molar-refractivity contribution in [3.63, 3.8) is 0 Å². The van der Waals surface area contributed by atoms with Crippen molar-refractivity contribution in [2.45, 2.75) is 24.5 Å².